The van der Waals surface area contributed by atoms with E-state index in [1.54, 1.807) is 0 Å². The Morgan fingerprint density at radius 3 is 1.33 bits per heavy atom. The molecule has 0 bridgehead atoms. The first-order valence-corrected chi connectivity index (χ1v) is 1.20. The average molecular weight is 191 g/mol. The molecule has 0 aromatic rings. The summed E-state index contributed by atoms with van der Waals surface area (Å²) in [5.74, 6) is 0.167. The Bertz CT molecular complexity index is 33.8. The van der Waals surface area contributed by atoms with Gasteiger partial charge in [0.25, 0.3) is 0 Å². The van der Waals surface area contributed by atoms with Crippen LogP contribution in [0.1, 0.15) is 13.8 Å². The average Bonchev–Trinajstić information content (AvgIpc) is 0.811. The van der Waals surface area contributed by atoms with Gasteiger partial charge in [0.1, 0.15) is 5.78 Å². The van der Waals surface area contributed by atoms with Crippen LogP contribution >= 0.6 is 0 Å². The summed E-state index contributed by atoms with van der Waals surface area (Å²) < 4.78 is 0. The van der Waals surface area contributed by atoms with E-state index < -0.39 is 0 Å². The van der Waals surface area contributed by atoms with Gasteiger partial charge in [0.05, 0.1) is 0 Å². The second-order valence-corrected chi connectivity index (χ2v) is 0.908. The molecule has 0 aliphatic heterocycles. The molecule has 0 saturated heterocycles. The minimum Gasteiger partial charge on any atom is 0 e. The summed E-state index contributed by atoms with van der Waals surface area (Å²) in [6.07, 6.45) is 0. The van der Waals surface area contributed by atoms with Gasteiger partial charge in [-0.1, -0.05) is 0 Å². The third-order valence-corrected chi connectivity index (χ3v) is 0. The van der Waals surface area contributed by atoms with Crippen LogP contribution in [0.4, 0.5) is 0 Å². The molecule has 0 aliphatic rings. The number of rotatable bonds is 0. The van der Waals surface area contributed by atoms with Gasteiger partial charge in [-0.2, -0.15) is 0 Å². The molecule has 0 unspecified atom stereocenters. The molecule has 0 aromatic carbocycles. The van der Waals surface area contributed by atoms with Gasteiger partial charge in [0.2, 0.25) is 0 Å². The van der Waals surface area contributed by atoms with Crippen LogP contribution in [0.5, 0.6) is 0 Å². The second kappa shape index (κ2) is 9.94. The van der Waals surface area contributed by atoms with E-state index >= 15 is 0 Å². The standard InChI is InChI=1S/C3H6O.Ca.Zr.2H/c1-3(2)4;;;;/h1-2H3;;;;. The van der Waals surface area contributed by atoms with Gasteiger partial charge in [0.15, 0.2) is 0 Å². The monoisotopic (exact) mass is 190 g/mol. The molecular formula is C3H8CaOZr. The maximum atomic E-state index is 9.44. The first-order chi connectivity index (χ1) is 1.73. The Labute approximate surface area is 87.0 Å². The van der Waals surface area contributed by atoms with Crippen molar-refractivity contribution in [3.8, 4) is 0 Å². The number of hydrogen-bond donors (Lipinski definition) is 0. The molecule has 0 radical (unpaired) electrons. The molecule has 0 rings (SSSR count). The van der Waals surface area contributed by atoms with E-state index in [2.05, 4.69) is 0 Å². The minimum atomic E-state index is 0. The van der Waals surface area contributed by atoms with E-state index in [4.69, 9.17) is 0 Å². The molecule has 0 spiro atoms. The van der Waals surface area contributed by atoms with Gasteiger partial charge in [-0.15, -0.1) is 0 Å². The van der Waals surface area contributed by atoms with E-state index in [0.29, 0.717) is 0 Å². The molecule has 0 saturated carbocycles. The molecule has 32 valence electrons. The fourth-order valence-corrected chi connectivity index (χ4v) is 0. The molecule has 3 heteroatoms. The van der Waals surface area contributed by atoms with Crippen molar-refractivity contribution >= 4 is 43.5 Å². The van der Waals surface area contributed by atoms with Crippen LogP contribution in [0, 0.1) is 0 Å². The van der Waals surface area contributed by atoms with Gasteiger partial charge >= 0.3 is 37.7 Å². The number of Topliss-reactive ketones (excluding diaryl/α,β-unsaturated/α-hetero) is 1. The van der Waals surface area contributed by atoms with E-state index in [1.807, 2.05) is 0 Å². The van der Waals surface area contributed by atoms with E-state index in [9.17, 15) is 4.79 Å². The van der Waals surface area contributed by atoms with Gasteiger partial charge in [-0.3, -0.25) is 0 Å². The zero-order chi connectivity index (χ0) is 3.58. The maximum Gasteiger partial charge on any atom is 0 e. The number of ketones is 1. The number of carbonyl (C=O) groups is 1. The van der Waals surface area contributed by atoms with Crippen LogP contribution in [0.25, 0.3) is 0 Å². The van der Waals surface area contributed by atoms with Gasteiger partial charge in [-0.05, 0) is 13.8 Å². The predicted molar refractivity (Wildman–Crippen MR) is 24.9 cm³/mol. The van der Waals surface area contributed by atoms with Crippen LogP contribution in [-0.4, -0.2) is 43.5 Å². The van der Waals surface area contributed by atoms with Crippen LogP contribution in [-0.2, 0) is 31.0 Å². The van der Waals surface area contributed by atoms with Gasteiger partial charge in [-0.25, -0.2) is 0 Å². The predicted octanol–water partition coefficient (Wildman–Crippen LogP) is -0.323. The quantitative estimate of drug-likeness (QED) is 0.480. The molecule has 6 heavy (non-hydrogen) atoms. The summed E-state index contributed by atoms with van der Waals surface area (Å²) in [4.78, 5) is 9.44. The van der Waals surface area contributed by atoms with E-state index in [1.165, 1.54) is 13.8 Å². The summed E-state index contributed by atoms with van der Waals surface area (Å²) in [5.41, 5.74) is 0. The summed E-state index contributed by atoms with van der Waals surface area (Å²) in [6, 6.07) is 0. The molecule has 0 amide bonds. The molecule has 0 N–H and O–H groups in total. The normalized spacial score (nSPS) is 4.33. The Morgan fingerprint density at radius 1 is 1.33 bits per heavy atom. The number of carbonyl (C=O) groups excluding carboxylic acids is 1. The van der Waals surface area contributed by atoms with E-state index in [-0.39, 0.29) is 69.7 Å². The zero-order valence-corrected chi connectivity index (χ0v) is 5.87. The molecule has 0 aliphatic carbocycles. The Balaban J connectivity index is -0.0000000450. The fourth-order valence-electron chi connectivity index (χ4n) is 0. The second-order valence-electron chi connectivity index (χ2n) is 0.908. The van der Waals surface area contributed by atoms with Crippen molar-refractivity contribution in [2.75, 3.05) is 0 Å². The Kier molecular flexibility index (Phi) is 25.9. The first kappa shape index (κ1) is 15.7. The molecule has 1 nitrogen and oxygen atoms in total. The molecular weight excluding hydrogens is 183 g/mol. The van der Waals surface area contributed by atoms with Crippen molar-refractivity contribution in [3.63, 3.8) is 0 Å². The Morgan fingerprint density at radius 2 is 1.33 bits per heavy atom. The summed E-state index contributed by atoms with van der Waals surface area (Å²) >= 11 is 0. The van der Waals surface area contributed by atoms with Crippen molar-refractivity contribution in [1.82, 2.24) is 0 Å². The topological polar surface area (TPSA) is 17.1 Å². The first-order valence-electron chi connectivity index (χ1n) is 1.20. The van der Waals surface area contributed by atoms with Crippen LogP contribution in [0.2, 0.25) is 0 Å². The molecule has 0 atom stereocenters. The summed E-state index contributed by atoms with van der Waals surface area (Å²) in [7, 11) is 0. The van der Waals surface area contributed by atoms with Crippen molar-refractivity contribution in [2.45, 2.75) is 13.8 Å². The molecule has 0 heterocycles. The van der Waals surface area contributed by atoms with Crippen LogP contribution in [0.15, 0.2) is 0 Å². The largest absolute Gasteiger partial charge is 0 e. The van der Waals surface area contributed by atoms with Crippen LogP contribution < -0.4 is 0 Å². The minimum absolute atomic E-state index is 0. The number of hydrogen-bond acceptors (Lipinski definition) is 1. The van der Waals surface area contributed by atoms with Crippen LogP contribution in [0.3, 0.4) is 0 Å². The third kappa shape index (κ3) is 41.0. The zero-order valence-electron chi connectivity index (χ0n) is 3.41. The van der Waals surface area contributed by atoms with Crippen molar-refractivity contribution in [3.05, 3.63) is 0 Å². The maximum absolute atomic E-state index is 9.44. The van der Waals surface area contributed by atoms with Crippen molar-refractivity contribution in [1.29, 1.82) is 0 Å². The summed E-state index contributed by atoms with van der Waals surface area (Å²) in [6.45, 7) is 3.06. The van der Waals surface area contributed by atoms with Gasteiger partial charge in [0, 0.05) is 26.2 Å². The molecule has 0 aromatic heterocycles. The van der Waals surface area contributed by atoms with Crippen molar-refractivity contribution in [2.24, 2.45) is 0 Å². The molecule has 0 fully saturated rings. The summed E-state index contributed by atoms with van der Waals surface area (Å²) in [5, 5.41) is 0. The third-order valence-electron chi connectivity index (χ3n) is 0. The fraction of sp³-hybridized carbons (Fsp3) is 0.667. The smallest absolute Gasteiger partial charge is 0 e. The van der Waals surface area contributed by atoms with Gasteiger partial charge < -0.3 is 4.79 Å². The Hall–Kier alpha value is 1.81. The van der Waals surface area contributed by atoms with E-state index in [0.717, 1.165) is 0 Å². The van der Waals surface area contributed by atoms with Crippen molar-refractivity contribution < 1.29 is 31.0 Å². The SMILES string of the molecule is CC(C)=O.[CaH2].[Zr].